The number of furan rings is 1. The first-order chi connectivity index (χ1) is 19.1. The molecule has 1 aliphatic rings. The van der Waals surface area contributed by atoms with Gasteiger partial charge in [0.1, 0.15) is 17.9 Å². The molecule has 4 aromatic rings. The van der Waals surface area contributed by atoms with Crippen LogP contribution in [0.2, 0.25) is 0 Å². The molecule has 1 saturated heterocycles. The number of anilines is 2. The number of ether oxygens (including phenoxy) is 1. The van der Waals surface area contributed by atoms with Gasteiger partial charge in [0, 0.05) is 17.0 Å². The van der Waals surface area contributed by atoms with Crippen molar-refractivity contribution in [1.29, 1.82) is 0 Å². The summed E-state index contributed by atoms with van der Waals surface area (Å²) in [5, 5.41) is 8.40. The number of fused-ring (bicyclic) bond motifs is 1. The molecule has 2 amide bonds. The first-order valence-electron chi connectivity index (χ1n) is 13.1. The minimum absolute atomic E-state index is 0.194. The standard InChI is InChI=1S/C30H32N4O5/c31-25-8-2-3-9-26(25)33-29(35)21-11-13-24(14-12-21)37-19-17-34(38-18-15-23-7-5-16-32-23)30(36)28-20-22-6-1-4-10-27(22)39-28/h1-4,6,8-14,20,23,32H,5,7,15-19,31H2,(H,33,35). The lowest BCUT2D eigenvalue weighted by atomic mass is 10.2. The smallest absolute Gasteiger partial charge is 0.313 e. The molecule has 9 nitrogen and oxygen atoms in total. The Labute approximate surface area is 226 Å². The number of rotatable bonds is 11. The maximum Gasteiger partial charge on any atom is 0.313 e. The van der Waals surface area contributed by atoms with Gasteiger partial charge in [-0.2, -0.15) is 0 Å². The van der Waals surface area contributed by atoms with Gasteiger partial charge in [0.2, 0.25) is 0 Å². The third kappa shape index (κ3) is 6.76. The van der Waals surface area contributed by atoms with E-state index in [1.165, 1.54) is 5.06 Å². The maximum atomic E-state index is 13.3. The summed E-state index contributed by atoms with van der Waals surface area (Å²) >= 11 is 0. The van der Waals surface area contributed by atoms with Crippen LogP contribution >= 0.6 is 0 Å². The lowest BCUT2D eigenvalue weighted by Gasteiger charge is -2.22. The number of carbonyl (C=O) groups excluding carboxylic acids is 2. The Morgan fingerprint density at radius 1 is 1.03 bits per heavy atom. The van der Waals surface area contributed by atoms with Crippen molar-refractivity contribution in [3.05, 3.63) is 90.2 Å². The third-order valence-electron chi connectivity index (χ3n) is 6.63. The molecular weight excluding hydrogens is 496 g/mol. The Kier molecular flexibility index (Phi) is 8.40. The van der Waals surface area contributed by atoms with Crippen molar-refractivity contribution in [3.8, 4) is 5.75 Å². The van der Waals surface area contributed by atoms with E-state index in [0.717, 1.165) is 31.2 Å². The predicted molar refractivity (Wildman–Crippen MR) is 150 cm³/mol. The highest BCUT2D eigenvalue weighted by Crippen LogP contribution is 2.21. The summed E-state index contributed by atoms with van der Waals surface area (Å²) in [6, 6.07) is 23.5. The molecule has 4 N–H and O–H groups in total. The van der Waals surface area contributed by atoms with Crippen LogP contribution in [0.25, 0.3) is 11.0 Å². The van der Waals surface area contributed by atoms with Crippen molar-refractivity contribution in [2.24, 2.45) is 0 Å². The number of para-hydroxylation sites is 3. The molecule has 1 fully saturated rings. The van der Waals surface area contributed by atoms with E-state index in [1.54, 1.807) is 54.6 Å². The van der Waals surface area contributed by atoms with Gasteiger partial charge in [-0.25, -0.2) is 5.06 Å². The molecule has 1 aliphatic heterocycles. The summed E-state index contributed by atoms with van der Waals surface area (Å²) < 4.78 is 11.6. The second-order valence-electron chi connectivity index (χ2n) is 9.39. The summed E-state index contributed by atoms with van der Waals surface area (Å²) in [5.74, 6) is 0.148. The fraction of sp³-hybridized carbons (Fsp3) is 0.267. The second-order valence-corrected chi connectivity index (χ2v) is 9.39. The van der Waals surface area contributed by atoms with Crippen molar-refractivity contribution in [3.63, 3.8) is 0 Å². The van der Waals surface area contributed by atoms with E-state index >= 15 is 0 Å². The summed E-state index contributed by atoms with van der Waals surface area (Å²) in [6.07, 6.45) is 3.07. The van der Waals surface area contributed by atoms with Crippen LogP contribution in [0.1, 0.15) is 40.2 Å². The number of carbonyl (C=O) groups is 2. The molecule has 39 heavy (non-hydrogen) atoms. The molecule has 2 heterocycles. The van der Waals surface area contributed by atoms with E-state index < -0.39 is 0 Å². The first-order valence-corrected chi connectivity index (χ1v) is 13.1. The highest BCUT2D eigenvalue weighted by Gasteiger charge is 2.22. The minimum atomic E-state index is -0.360. The van der Waals surface area contributed by atoms with Crippen LogP contribution < -0.4 is 21.1 Å². The minimum Gasteiger partial charge on any atom is -0.492 e. The van der Waals surface area contributed by atoms with Crippen LogP contribution in [0.4, 0.5) is 11.4 Å². The molecule has 1 aromatic heterocycles. The number of hydroxylamine groups is 2. The van der Waals surface area contributed by atoms with Gasteiger partial charge < -0.3 is 25.5 Å². The number of hydrogen-bond donors (Lipinski definition) is 3. The number of nitrogens with zero attached hydrogens (tertiary/aromatic N) is 1. The number of nitrogens with two attached hydrogens (primary N) is 1. The number of hydrogen-bond acceptors (Lipinski definition) is 7. The van der Waals surface area contributed by atoms with Crippen molar-refractivity contribution >= 4 is 34.2 Å². The number of amides is 2. The van der Waals surface area contributed by atoms with Crippen LogP contribution in [0.3, 0.4) is 0 Å². The van der Waals surface area contributed by atoms with E-state index in [4.69, 9.17) is 19.7 Å². The fourth-order valence-electron chi connectivity index (χ4n) is 4.50. The van der Waals surface area contributed by atoms with Crippen molar-refractivity contribution in [2.45, 2.75) is 25.3 Å². The first kappa shape index (κ1) is 26.3. The summed E-state index contributed by atoms with van der Waals surface area (Å²) in [7, 11) is 0. The van der Waals surface area contributed by atoms with E-state index in [0.29, 0.717) is 40.9 Å². The Balaban J connectivity index is 1.18. The monoisotopic (exact) mass is 528 g/mol. The largest absolute Gasteiger partial charge is 0.492 e. The third-order valence-corrected chi connectivity index (χ3v) is 6.63. The number of nitrogens with one attached hydrogen (secondary N) is 2. The van der Waals surface area contributed by atoms with Crippen molar-refractivity contribution in [1.82, 2.24) is 10.4 Å². The molecule has 202 valence electrons. The van der Waals surface area contributed by atoms with Crippen LogP contribution in [0, 0.1) is 0 Å². The van der Waals surface area contributed by atoms with Crippen LogP contribution in [-0.4, -0.2) is 49.2 Å². The molecule has 0 radical (unpaired) electrons. The molecule has 0 aliphatic carbocycles. The fourth-order valence-corrected chi connectivity index (χ4v) is 4.50. The summed E-state index contributed by atoms with van der Waals surface area (Å²) in [5.41, 5.74) is 8.07. The van der Waals surface area contributed by atoms with Gasteiger partial charge in [0.25, 0.3) is 5.91 Å². The molecule has 3 aromatic carbocycles. The van der Waals surface area contributed by atoms with Gasteiger partial charge >= 0.3 is 5.91 Å². The Morgan fingerprint density at radius 3 is 2.59 bits per heavy atom. The van der Waals surface area contributed by atoms with Gasteiger partial charge in [0.05, 0.1) is 24.5 Å². The summed E-state index contributed by atoms with van der Waals surface area (Å²) in [6.45, 7) is 1.81. The topological polar surface area (TPSA) is 119 Å². The zero-order chi connectivity index (χ0) is 27.0. The maximum absolute atomic E-state index is 13.3. The van der Waals surface area contributed by atoms with Crippen LogP contribution in [0.15, 0.2) is 83.3 Å². The lowest BCUT2D eigenvalue weighted by molar-refractivity contribution is -0.130. The van der Waals surface area contributed by atoms with Gasteiger partial charge in [-0.05, 0) is 74.3 Å². The van der Waals surface area contributed by atoms with E-state index in [-0.39, 0.29) is 30.7 Å². The molecule has 0 spiro atoms. The molecule has 0 saturated carbocycles. The van der Waals surface area contributed by atoms with Gasteiger partial charge in [0.15, 0.2) is 5.76 Å². The predicted octanol–water partition coefficient (Wildman–Crippen LogP) is 4.86. The zero-order valence-electron chi connectivity index (χ0n) is 21.6. The van der Waals surface area contributed by atoms with E-state index in [1.807, 2.05) is 24.3 Å². The van der Waals surface area contributed by atoms with Crippen LogP contribution in [-0.2, 0) is 4.84 Å². The van der Waals surface area contributed by atoms with Gasteiger partial charge in [-0.1, -0.05) is 30.3 Å². The molecule has 9 heteroatoms. The van der Waals surface area contributed by atoms with E-state index in [9.17, 15) is 9.59 Å². The Morgan fingerprint density at radius 2 is 1.82 bits per heavy atom. The van der Waals surface area contributed by atoms with Crippen molar-refractivity contribution in [2.75, 3.05) is 37.4 Å². The Hall–Kier alpha value is -4.34. The van der Waals surface area contributed by atoms with Gasteiger partial charge in [-0.3, -0.25) is 14.4 Å². The van der Waals surface area contributed by atoms with Crippen LogP contribution in [0.5, 0.6) is 5.75 Å². The molecule has 1 unspecified atom stereocenters. The quantitative estimate of drug-likeness (QED) is 0.188. The normalized spacial score (nSPS) is 14.8. The number of nitrogen functional groups attached to an aromatic ring is 1. The highest BCUT2D eigenvalue weighted by molar-refractivity contribution is 6.05. The highest BCUT2D eigenvalue weighted by atomic mass is 16.7. The average molecular weight is 529 g/mol. The lowest BCUT2D eigenvalue weighted by Crippen LogP contribution is -2.36. The molecule has 1 atom stereocenters. The SMILES string of the molecule is Nc1ccccc1NC(=O)c1ccc(OCCN(OCCC2CCCN2)C(=O)c2cc3ccccc3o2)cc1. The Bertz CT molecular complexity index is 1380. The van der Waals surface area contributed by atoms with Crippen molar-refractivity contribution < 1.29 is 23.6 Å². The molecular formula is C30H32N4O5. The molecule has 5 rings (SSSR count). The molecule has 0 bridgehead atoms. The van der Waals surface area contributed by atoms with E-state index in [2.05, 4.69) is 10.6 Å². The van der Waals surface area contributed by atoms with Gasteiger partial charge in [-0.15, -0.1) is 0 Å². The number of benzene rings is 3. The second kappa shape index (κ2) is 12.5. The zero-order valence-corrected chi connectivity index (χ0v) is 21.6. The summed E-state index contributed by atoms with van der Waals surface area (Å²) in [4.78, 5) is 31.7. The average Bonchev–Trinajstić information content (AvgIpc) is 3.63.